The van der Waals surface area contributed by atoms with Crippen molar-refractivity contribution in [1.82, 2.24) is 0 Å². The summed E-state index contributed by atoms with van der Waals surface area (Å²) in [6.45, 7) is 19.4. The predicted octanol–water partition coefficient (Wildman–Crippen LogP) is 7.48. The van der Waals surface area contributed by atoms with Crippen molar-refractivity contribution in [2.24, 2.45) is 44.8 Å². The summed E-state index contributed by atoms with van der Waals surface area (Å²) in [5, 5.41) is 9.07. The summed E-state index contributed by atoms with van der Waals surface area (Å²) in [4.78, 5) is 10.7. The van der Waals surface area contributed by atoms with Crippen molar-refractivity contribution >= 4 is 28.1 Å². The molecule has 4 aliphatic carbocycles. The maximum Gasteiger partial charge on any atom is 0.185 e. The zero-order chi connectivity index (χ0) is 27.3. The summed E-state index contributed by atoms with van der Waals surface area (Å²) in [6, 6.07) is 0. The van der Waals surface area contributed by atoms with Crippen LogP contribution < -0.4 is 0 Å². The second kappa shape index (κ2) is 10.4. The van der Waals surface area contributed by atoms with Gasteiger partial charge >= 0.3 is 0 Å². The van der Waals surface area contributed by atoms with Crippen LogP contribution in [0.25, 0.3) is 0 Å². The van der Waals surface area contributed by atoms with Gasteiger partial charge in [0.05, 0.1) is 12.3 Å². The van der Waals surface area contributed by atoms with Crippen LogP contribution in [0.1, 0.15) is 71.6 Å². The van der Waals surface area contributed by atoms with Crippen LogP contribution in [0.4, 0.5) is 0 Å². The van der Waals surface area contributed by atoms with Crippen LogP contribution in [-0.2, 0) is 18.5 Å². The average Bonchev–Trinajstić information content (AvgIpc) is 3.08. The molecule has 0 unspecified atom stereocenters. The maximum absolute atomic E-state index is 7.33. The Labute approximate surface area is 228 Å². The fraction of sp³-hybridized carbons (Fsp3) is 0.931. The second-order valence-corrected chi connectivity index (χ2v) is 23.8. The van der Waals surface area contributed by atoms with Gasteiger partial charge in [-0.2, -0.15) is 0 Å². The van der Waals surface area contributed by atoms with E-state index in [2.05, 4.69) is 58.3 Å². The van der Waals surface area contributed by atoms with E-state index in [9.17, 15) is 0 Å². The number of hydrogen-bond acceptors (Lipinski definition) is 6. The first-order valence-corrected chi connectivity index (χ1v) is 21.5. The molecule has 7 atom stereocenters. The average molecular weight is 551 g/mol. The zero-order valence-electron chi connectivity index (χ0n) is 25.4. The van der Waals surface area contributed by atoms with Crippen molar-refractivity contribution in [2.45, 2.75) is 117 Å². The fourth-order valence-corrected chi connectivity index (χ4v) is 11.2. The van der Waals surface area contributed by atoms with Gasteiger partial charge in [0.2, 0.25) is 0 Å². The van der Waals surface area contributed by atoms with Crippen LogP contribution in [-0.4, -0.2) is 54.5 Å². The molecule has 0 aromatic heterocycles. The Morgan fingerprint density at radius 2 is 1.57 bits per heavy atom. The van der Waals surface area contributed by atoms with Gasteiger partial charge in [0.25, 0.3) is 0 Å². The molecule has 0 radical (unpaired) electrons. The third kappa shape index (κ3) is 5.38. The van der Waals surface area contributed by atoms with E-state index in [1.54, 1.807) is 14.2 Å². The van der Waals surface area contributed by atoms with Crippen LogP contribution in [0, 0.1) is 34.5 Å². The molecule has 0 spiro atoms. The van der Waals surface area contributed by atoms with E-state index in [4.69, 9.17) is 23.7 Å². The smallest absolute Gasteiger partial charge is 0.185 e. The molecule has 0 aliphatic heterocycles. The lowest BCUT2D eigenvalue weighted by atomic mass is 9.44. The Morgan fingerprint density at radius 1 is 0.865 bits per heavy atom. The van der Waals surface area contributed by atoms with E-state index in [1.165, 1.54) is 44.2 Å². The summed E-state index contributed by atoms with van der Waals surface area (Å²) in [6.07, 6.45) is 10.8. The molecule has 4 fully saturated rings. The van der Waals surface area contributed by atoms with Gasteiger partial charge in [-0.05, 0) is 126 Å². The lowest BCUT2D eigenvalue weighted by Crippen LogP contribution is -2.62. The molecule has 6 nitrogen and oxygen atoms in total. The molecular formula is C29H54N2O4Si2. The summed E-state index contributed by atoms with van der Waals surface area (Å²) in [7, 11) is -0.260. The Hall–Kier alpha value is -0.706. The first-order chi connectivity index (χ1) is 17.2. The lowest BCUT2D eigenvalue weighted by molar-refractivity contribution is -0.122. The molecule has 0 heterocycles. The van der Waals surface area contributed by atoms with Crippen molar-refractivity contribution in [3.8, 4) is 0 Å². The highest BCUT2D eigenvalue weighted by molar-refractivity contribution is 6.70. The molecule has 8 heteroatoms. The van der Waals surface area contributed by atoms with Crippen LogP contribution >= 0.6 is 0 Å². The lowest BCUT2D eigenvalue weighted by Gasteiger charge is -2.62. The molecule has 0 saturated heterocycles. The molecule has 0 aromatic carbocycles. The van der Waals surface area contributed by atoms with Crippen LogP contribution in [0.2, 0.25) is 39.3 Å². The molecule has 0 aromatic rings. The van der Waals surface area contributed by atoms with Gasteiger partial charge in [-0.3, -0.25) is 0 Å². The van der Waals surface area contributed by atoms with E-state index >= 15 is 0 Å². The first kappa shape index (κ1) is 29.3. The molecule has 4 aliphatic rings. The molecule has 4 saturated carbocycles. The van der Waals surface area contributed by atoms with Gasteiger partial charge in [-0.15, -0.1) is 0 Å². The Bertz CT molecular complexity index is 897. The van der Waals surface area contributed by atoms with E-state index in [0.29, 0.717) is 17.9 Å². The number of hydrogen-bond donors (Lipinski definition) is 0. The van der Waals surface area contributed by atoms with Gasteiger partial charge in [0.1, 0.15) is 25.5 Å². The number of nitrogens with zero attached hydrogens (tertiary/aromatic N) is 2. The SMILES string of the molecule is CO/N=C1/CC[C@@]2(C)[C@H](CC[C@@H]3[C@@H]2CC[C@@]2(C)[C@H]3CC[C@]2(O[Si](C)(C)C)/C(CO[Si](C)(C)C)=N\OC)C1. The molecule has 212 valence electrons. The normalized spacial score (nSPS) is 41.7. The van der Waals surface area contributed by atoms with Crippen LogP contribution in [0.5, 0.6) is 0 Å². The minimum Gasteiger partial charge on any atom is -0.412 e. The largest absolute Gasteiger partial charge is 0.412 e. The van der Waals surface area contributed by atoms with Crippen molar-refractivity contribution in [3.63, 3.8) is 0 Å². The second-order valence-electron chi connectivity index (χ2n) is 14.9. The van der Waals surface area contributed by atoms with Gasteiger partial charge in [0.15, 0.2) is 16.6 Å². The molecule has 37 heavy (non-hydrogen) atoms. The van der Waals surface area contributed by atoms with Gasteiger partial charge in [-0.25, -0.2) is 0 Å². The van der Waals surface area contributed by atoms with E-state index in [1.807, 2.05) is 0 Å². The van der Waals surface area contributed by atoms with Gasteiger partial charge < -0.3 is 18.5 Å². The quantitative estimate of drug-likeness (QED) is 0.179. The molecule has 0 N–H and O–H groups in total. The van der Waals surface area contributed by atoms with Crippen molar-refractivity contribution < 1.29 is 18.5 Å². The third-order valence-electron chi connectivity index (χ3n) is 10.6. The Balaban J connectivity index is 1.68. The fourth-order valence-electron chi connectivity index (χ4n) is 9.11. The number of rotatable bonds is 8. The minimum atomic E-state index is -1.89. The maximum atomic E-state index is 7.33. The zero-order valence-corrected chi connectivity index (χ0v) is 27.4. The highest BCUT2D eigenvalue weighted by atomic mass is 28.4. The van der Waals surface area contributed by atoms with E-state index in [0.717, 1.165) is 42.7 Å². The summed E-state index contributed by atoms with van der Waals surface area (Å²) >= 11 is 0. The van der Waals surface area contributed by atoms with E-state index in [-0.39, 0.29) is 5.41 Å². The van der Waals surface area contributed by atoms with Crippen molar-refractivity contribution in [1.29, 1.82) is 0 Å². The Kier molecular flexibility index (Phi) is 8.20. The Morgan fingerprint density at radius 3 is 2.19 bits per heavy atom. The van der Waals surface area contributed by atoms with Gasteiger partial charge in [0, 0.05) is 5.41 Å². The molecular weight excluding hydrogens is 497 g/mol. The topological polar surface area (TPSA) is 61.6 Å². The summed E-state index contributed by atoms with van der Waals surface area (Å²) < 4.78 is 13.8. The van der Waals surface area contributed by atoms with Crippen LogP contribution in [0.15, 0.2) is 10.3 Å². The first-order valence-electron chi connectivity index (χ1n) is 14.7. The highest BCUT2D eigenvalue weighted by Crippen LogP contribution is 2.69. The minimum absolute atomic E-state index is 0.0507. The number of oxime groups is 2. The van der Waals surface area contributed by atoms with Crippen LogP contribution in [0.3, 0.4) is 0 Å². The summed E-state index contributed by atoms with van der Waals surface area (Å²) in [5.41, 5.74) is 2.34. The highest BCUT2D eigenvalue weighted by Gasteiger charge is 2.67. The molecule has 4 rings (SSSR count). The monoisotopic (exact) mass is 550 g/mol. The number of fused-ring (bicyclic) bond motifs is 5. The van der Waals surface area contributed by atoms with Crippen molar-refractivity contribution in [3.05, 3.63) is 0 Å². The van der Waals surface area contributed by atoms with Crippen molar-refractivity contribution in [2.75, 3.05) is 20.8 Å². The third-order valence-corrected chi connectivity index (χ3v) is 12.6. The van der Waals surface area contributed by atoms with Gasteiger partial charge in [-0.1, -0.05) is 24.2 Å². The summed E-state index contributed by atoms with van der Waals surface area (Å²) in [5.74, 6) is 2.94. The van der Waals surface area contributed by atoms with E-state index < -0.39 is 22.2 Å². The molecule has 0 bridgehead atoms. The standard InChI is InChI=1S/C29H54N2O4Si2/c1-27-16-13-22(30-32-3)19-21(27)11-12-23-24(27)14-17-28(2)25(23)15-18-29(28,35-37(8,9)10)26(31-33-4)20-34-36(5,6)7/h21,23-25H,11-20H2,1-10H3/b30-22-,31-26-/t21-,23-,24+,25+,27+,28+,29+/m1/s1. The molecule has 0 amide bonds. The predicted molar refractivity (Wildman–Crippen MR) is 157 cm³/mol.